The van der Waals surface area contributed by atoms with Crippen LogP contribution in [0.4, 0.5) is 5.69 Å². The van der Waals surface area contributed by atoms with Crippen molar-refractivity contribution in [3.8, 4) is 11.8 Å². The number of carbonyl (C=O) groups is 1. The van der Waals surface area contributed by atoms with E-state index in [9.17, 15) is 13.6 Å². The molecule has 2 N–H and O–H groups in total. The molecule has 160 valence electrons. The molecule has 8 nitrogen and oxygen atoms in total. The molecular formula is C19H21BrN4O4S2. The average Bonchev–Trinajstić information content (AvgIpc) is 3.12. The molecule has 1 fully saturated rings. The Morgan fingerprint density at radius 1 is 1.30 bits per heavy atom. The molecule has 2 atom stereocenters. The molecule has 30 heavy (non-hydrogen) atoms. The predicted molar refractivity (Wildman–Crippen MR) is 120 cm³/mol. The molecule has 1 aliphatic heterocycles. The second kappa shape index (κ2) is 10.5. The third-order valence-corrected chi connectivity index (χ3v) is 6.94. The number of carboxylic acids is 1. The molecule has 1 saturated heterocycles. The Bertz CT molecular complexity index is 965. The van der Waals surface area contributed by atoms with Crippen LogP contribution in [0.2, 0.25) is 0 Å². The second-order valence-corrected chi connectivity index (χ2v) is 9.20. The summed E-state index contributed by atoms with van der Waals surface area (Å²) in [4.78, 5) is 17.4. The molecule has 0 aliphatic carbocycles. The number of aliphatic carboxylic acids is 1. The molecule has 11 heteroatoms. The topological polar surface area (TPSA) is 97.2 Å². The van der Waals surface area contributed by atoms with Crippen molar-refractivity contribution in [3.05, 3.63) is 44.8 Å². The lowest BCUT2D eigenvalue weighted by atomic mass is 10.2. The summed E-state index contributed by atoms with van der Waals surface area (Å²) in [5.41, 5.74) is 1.94. The number of benzene rings is 1. The Hall–Kier alpha value is -1.81. The molecule has 0 amide bonds. The van der Waals surface area contributed by atoms with Gasteiger partial charge in [-0.25, -0.2) is 14.2 Å². The zero-order valence-corrected chi connectivity index (χ0v) is 19.4. The van der Waals surface area contributed by atoms with E-state index in [0.29, 0.717) is 26.2 Å². The van der Waals surface area contributed by atoms with E-state index >= 15 is 0 Å². The van der Waals surface area contributed by atoms with Gasteiger partial charge in [-0.05, 0) is 53.0 Å². The highest BCUT2D eigenvalue weighted by atomic mass is 79.9. The van der Waals surface area contributed by atoms with Crippen LogP contribution in [0.15, 0.2) is 34.2 Å². The van der Waals surface area contributed by atoms with Gasteiger partial charge in [-0.3, -0.25) is 9.35 Å². The molecule has 2 aromatic rings. The van der Waals surface area contributed by atoms with E-state index in [1.165, 1.54) is 15.8 Å². The first-order valence-corrected chi connectivity index (χ1v) is 11.9. The summed E-state index contributed by atoms with van der Waals surface area (Å²) >= 11 is 2.53. The second-order valence-electron chi connectivity index (χ2n) is 6.69. The molecule has 0 bridgehead atoms. The minimum absolute atomic E-state index is 0.201. The SMILES string of the molecule is CC(CC(=O)O)N(N1CCN(c2ccc(C#Cc3nc(Br)cs3)cc2)CC1)S(=O)O. The number of aromatic nitrogens is 1. The van der Waals surface area contributed by atoms with Crippen molar-refractivity contribution in [2.45, 2.75) is 19.4 Å². The van der Waals surface area contributed by atoms with Gasteiger partial charge in [-0.1, -0.05) is 5.92 Å². The van der Waals surface area contributed by atoms with Gasteiger partial charge in [0.2, 0.25) is 11.3 Å². The first-order chi connectivity index (χ1) is 14.3. The zero-order valence-electron chi connectivity index (χ0n) is 16.2. The van der Waals surface area contributed by atoms with E-state index in [4.69, 9.17) is 5.11 Å². The molecule has 0 saturated carbocycles. The summed E-state index contributed by atoms with van der Waals surface area (Å²) in [5, 5.41) is 13.4. The maximum Gasteiger partial charge on any atom is 0.305 e. The highest BCUT2D eigenvalue weighted by Crippen LogP contribution is 2.20. The minimum atomic E-state index is -2.27. The van der Waals surface area contributed by atoms with Crippen molar-refractivity contribution in [1.82, 2.24) is 14.4 Å². The van der Waals surface area contributed by atoms with Gasteiger partial charge in [-0.2, -0.15) is 0 Å². The molecule has 2 heterocycles. The maximum atomic E-state index is 11.7. The number of halogens is 1. The fourth-order valence-corrected chi connectivity index (χ4v) is 5.05. The standard InChI is InChI=1S/C19H21BrN4O4S2/c1-14(12-19(25)26)24(30(27)28)23-10-8-22(9-11-23)16-5-2-15(3-6-16)4-7-18-21-17(20)13-29-18/h2-3,5-6,13-14H,8-12H2,1H3,(H,25,26)(H,27,28). The van der Waals surface area contributed by atoms with Crippen molar-refractivity contribution in [1.29, 1.82) is 0 Å². The number of piperazine rings is 1. The summed E-state index contributed by atoms with van der Waals surface area (Å²) in [6.07, 6.45) is -0.201. The van der Waals surface area contributed by atoms with Crippen LogP contribution >= 0.6 is 27.3 Å². The number of rotatable bonds is 6. The van der Waals surface area contributed by atoms with Crippen molar-refractivity contribution < 1.29 is 18.7 Å². The molecule has 0 radical (unpaired) electrons. The number of nitrogens with zero attached hydrogens (tertiary/aromatic N) is 4. The number of anilines is 1. The first-order valence-electron chi connectivity index (χ1n) is 9.18. The van der Waals surface area contributed by atoms with E-state index in [-0.39, 0.29) is 6.42 Å². The van der Waals surface area contributed by atoms with Crippen LogP contribution in [-0.4, -0.2) is 66.5 Å². The van der Waals surface area contributed by atoms with E-state index in [2.05, 4.69) is 37.7 Å². The van der Waals surface area contributed by atoms with Crippen LogP contribution in [0.5, 0.6) is 0 Å². The number of hydrogen-bond acceptors (Lipinski definition) is 6. The van der Waals surface area contributed by atoms with Gasteiger partial charge in [0.25, 0.3) is 0 Å². The van der Waals surface area contributed by atoms with Crippen LogP contribution in [0.3, 0.4) is 0 Å². The molecule has 0 spiro atoms. The predicted octanol–water partition coefficient (Wildman–Crippen LogP) is 2.64. The first kappa shape index (κ1) is 22.9. The summed E-state index contributed by atoms with van der Waals surface area (Å²) < 4.78 is 23.4. The van der Waals surface area contributed by atoms with E-state index in [0.717, 1.165) is 20.9 Å². The van der Waals surface area contributed by atoms with E-state index in [1.807, 2.05) is 29.6 Å². The molecule has 1 aliphatic rings. The number of hydrazine groups is 1. The van der Waals surface area contributed by atoms with Crippen LogP contribution in [0.25, 0.3) is 0 Å². The van der Waals surface area contributed by atoms with Crippen molar-refractivity contribution in [2.24, 2.45) is 0 Å². The lowest BCUT2D eigenvalue weighted by molar-refractivity contribution is -0.139. The third-order valence-electron chi connectivity index (χ3n) is 4.56. The fraction of sp³-hybridized carbons (Fsp3) is 0.368. The monoisotopic (exact) mass is 512 g/mol. The van der Waals surface area contributed by atoms with Gasteiger partial charge in [-0.15, -0.1) is 15.8 Å². The number of carboxylic acid groups (broad SMARTS) is 1. The van der Waals surface area contributed by atoms with Crippen LogP contribution < -0.4 is 4.90 Å². The molecule has 1 aromatic carbocycles. The quantitative estimate of drug-likeness (QED) is 0.453. The Morgan fingerprint density at radius 3 is 2.50 bits per heavy atom. The Balaban J connectivity index is 1.60. The molecule has 3 rings (SSSR count). The normalized spacial score (nSPS) is 16.7. The summed E-state index contributed by atoms with van der Waals surface area (Å²) in [6.45, 7) is 4.00. The summed E-state index contributed by atoms with van der Waals surface area (Å²) in [6, 6.07) is 7.36. The van der Waals surface area contributed by atoms with Crippen molar-refractivity contribution in [2.75, 3.05) is 31.1 Å². The smallest absolute Gasteiger partial charge is 0.305 e. The van der Waals surface area contributed by atoms with E-state index < -0.39 is 23.3 Å². The summed E-state index contributed by atoms with van der Waals surface area (Å²) in [5.74, 6) is 5.14. The minimum Gasteiger partial charge on any atom is -0.481 e. The Morgan fingerprint density at radius 2 is 1.97 bits per heavy atom. The van der Waals surface area contributed by atoms with Crippen LogP contribution in [-0.2, 0) is 16.1 Å². The van der Waals surface area contributed by atoms with Crippen LogP contribution in [0, 0.1) is 11.8 Å². The van der Waals surface area contributed by atoms with Gasteiger partial charge in [0, 0.05) is 48.9 Å². The highest BCUT2D eigenvalue weighted by Gasteiger charge is 2.30. The zero-order chi connectivity index (χ0) is 21.7. The largest absolute Gasteiger partial charge is 0.481 e. The Kier molecular flexibility index (Phi) is 7.99. The van der Waals surface area contributed by atoms with E-state index in [1.54, 1.807) is 11.9 Å². The van der Waals surface area contributed by atoms with Gasteiger partial charge in [0.05, 0.1) is 6.42 Å². The summed E-state index contributed by atoms with van der Waals surface area (Å²) in [7, 11) is 0. The lowest BCUT2D eigenvalue weighted by Crippen LogP contribution is -2.57. The number of hydrogen-bond donors (Lipinski definition) is 2. The highest BCUT2D eigenvalue weighted by molar-refractivity contribution is 9.10. The number of thiazole rings is 1. The van der Waals surface area contributed by atoms with Crippen molar-refractivity contribution >= 4 is 50.2 Å². The van der Waals surface area contributed by atoms with Crippen LogP contribution in [0.1, 0.15) is 23.9 Å². The van der Waals surface area contributed by atoms with Gasteiger partial charge in [0.1, 0.15) is 4.60 Å². The van der Waals surface area contributed by atoms with Gasteiger partial charge < -0.3 is 10.0 Å². The lowest BCUT2D eigenvalue weighted by Gasteiger charge is -2.41. The average molecular weight is 513 g/mol. The maximum absolute atomic E-state index is 11.7. The van der Waals surface area contributed by atoms with Crippen molar-refractivity contribution in [3.63, 3.8) is 0 Å². The van der Waals surface area contributed by atoms with Gasteiger partial charge >= 0.3 is 5.97 Å². The van der Waals surface area contributed by atoms with Gasteiger partial charge in [0.15, 0.2) is 5.01 Å². The molecule has 2 unspecified atom stereocenters. The molecule has 1 aromatic heterocycles. The Labute approximate surface area is 190 Å². The molecular weight excluding hydrogens is 492 g/mol. The fourth-order valence-electron chi connectivity index (χ4n) is 3.21. The third kappa shape index (κ3) is 6.10.